The number of carbonyl (C=O) groups excluding carboxylic acids is 1. The van der Waals surface area contributed by atoms with E-state index in [1.54, 1.807) is 5.57 Å². The molecule has 0 aromatic rings. The molecule has 0 spiro atoms. The van der Waals surface area contributed by atoms with E-state index in [0.717, 1.165) is 44.9 Å². The molecule has 124 valence electrons. The number of carbonyl (C=O) groups is 1. The van der Waals surface area contributed by atoms with Crippen molar-refractivity contribution in [3.63, 3.8) is 0 Å². The third-order valence-electron chi connectivity index (χ3n) is 7.29. The molecule has 0 aromatic carbocycles. The number of fused-ring (bicyclic) bond motifs is 4. The maximum absolute atomic E-state index is 11.7. The molecule has 4 rings (SSSR count). The molecule has 0 amide bonds. The average Bonchev–Trinajstić information content (AvgIpc) is 2.79. The molecule has 0 bridgehead atoms. The van der Waals surface area contributed by atoms with Gasteiger partial charge in [-0.2, -0.15) is 0 Å². The van der Waals surface area contributed by atoms with Crippen molar-refractivity contribution in [1.29, 1.82) is 0 Å². The summed E-state index contributed by atoms with van der Waals surface area (Å²) >= 11 is 3.37. The molecular formula is C20H25BrO2. The summed E-state index contributed by atoms with van der Waals surface area (Å²) < 4.78 is 0. The van der Waals surface area contributed by atoms with E-state index in [0.29, 0.717) is 24.0 Å². The van der Waals surface area contributed by atoms with Crippen LogP contribution in [0.5, 0.6) is 0 Å². The topological polar surface area (TPSA) is 37.3 Å². The zero-order valence-corrected chi connectivity index (χ0v) is 15.4. The van der Waals surface area contributed by atoms with E-state index in [9.17, 15) is 9.90 Å². The quantitative estimate of drug-likeness (QED) is 0.711. The van der Waals surface area contributed by atoms with Crippen molar-refractivity contribution in [2.75, 3.05) is 0 Å². The Kier molecular flexibility index (Phi) is 3.73. The van der Waals surface area contributed by atoms with Gasteiger partial charge in [0.1, 0.15) is 0 Å². The molecule has 0 aliphatic heterocycles. The summed E-state index contributed by atoms with van der Waals surface area (Å²) in [6.07, 6.45) is 11.9. The number of halogens is 1. The first-order valence-corrected chi connectivity index (χ1v) is 9.86. The molecule has 0 unspecified atom stereocenters. The Morgan fingerprint density at radius 3 is 2.83 bits per heavy atom. The predicted octanol–water partition coefficient (Wildman–Crippen LogP) is 4.83. The van der Waals surface area contributed by atoms with Crippen LogP contribution in [0.15, 0.2) is 33.9 Å². The van der Waals surface area contributed by atoms with Gasteiger partial charge in [0.05, 0.1) is 5.60 Å². The largest absolute Gasteiger partial charge is 0.385 e. The van der Waals surface area contributed by atoms with Gasteiger partial charge in [-0.3, -0.25) is 4.79 Å². The number of allylic oxidation sites excluding steroid dienone is 4. The highest BCUT2D eigenvalue weighted by atomic mass is 79.9. The van der Waals surface area contributed by atoms with E-state index in [1.807, 2.05) is 17.1 Å². The molecular weight excluding hydrogens is 352 g/mol. The normalized spacial score (nSPS) is 43.3. The number of rotatable bonds is 1. The Morgan fingerprint density at radius 1 is 1.22 bits per heavy atom. The van der Waals surface area contributed by atoms with Gasteiger partial charge in [0, 0.05) is 11.8 Å². The maximum Gasteiger partial charge on any atom is 0.156 e. The van der Waals surface area contributed by atoms with Gasteiger partial charge >= 0.3 is 0 Å². The second-order valence-electron chi connectivity index (χ2n) is 8.06. The SMILES string of the molecule is C[C@]12CCC3=C4CCC(=O)C=C4CC[C@H]3[C@@H]1CC[C@@]2(O)/C=C/Br. The van der Waals surface area contributed by atoms with Gasteiger partial charge in [-0.15, -0.1) is 0 Å². The molecule has 0 radical (unpaired) electrons. The van der Waals surface area contributed by atoms with E-state index < -0.39 is 5.60 Å². The molecule has 23 heavy (non-hydrogen) atoms. The van der Waals surface area contributed by atoms with Gasteiger partial charge in [-0.05, 0) is 85.1 Å². The highest BCUT2D eigenvalue weighted by Gasteiger charge is 2.59. The van der Waals surface area contributed by atoms with Gasteiger partial charge in [-0.25, -0.2) is 0 Å². The van der Waals surface area contributed by atoms with Crippen LogP contribution in [0.2, 0.25) is 0 Å². The average molecular weight is 377 g/mol. The van der Waals surface area contributed by atoms with Crippen molar-refractivity contribution in [2.45, 2.75) is 63.9 Å². The summed E-state index contributed by atoms with van der Waals surface area (Å²) in [6.45, 7) is 2.30. The Hall–Kier alpha value is -0.670. The third-order valence-corrected chi connectivity index (χ3v) is 7.55. The van der Waals surface area contributed by atoms with Crippen LogP contribution in [0, 0.1) is 17.3 Å². The fourth-order valence-electron chi connectivity index (χ4n) is 5.96. The molecule has 0 aromatic heterocycles. The fourth-order valence-corrected chi connectivity index (χ4v) is 6.40. The Bertz CT molecular complexity index is 644. The Labute approximate surface area is 146 Å². The Balaban J connectivity index is 1.73. The van der Waals surface area contributed by atoms with Crippen LogP contribution in [-0.2, 0) is 4.79 Å². The number of ketones is 1. The summed E-state index contributed by atoms with van der Waals surface area (Å²) in [5, 5.41) is 11.2. The van der Waals surface area contributed by atoms with E-state index in [-0.39, 0.29) is 5.41 Å². The number of hydrogen-bond acceptors (Lipinski definition) is 2. The first kappa shape index (κ1) is 15.8. The fraction of sp³-hybridized carbons (Fsp3) is 0.650. The lowest BCUT2D eigenvalue weighted by atomic mass is 9.55. The highest BCUT2D eigenvalue weighted by molar-refractivity contribution is 9.11. The summed E-state index contributed by atoms with van der Waals surface area (Å²) in [4.78, 5) is 13.6. The molecule has 4 aliphatic rings. The van der Waals surface area contributed by atoms with Crippen molar-refractivity contribution in [3.8, 4) is 0 Å². The second kappa shape index (κ2) is 5.42. The molecule has 3 heteroatoms. The van der Waals surface area contributed by atoms with E-state index in [2.05, 4.69) is 22.9 Å². The van der Waals surface area contributed by atoms with Crippen LogP contribution in [-0.4, -0.2) is 16.5 Å². The summed E-state index contributed by atoms with van der Waals surface area (Å²) in [5.74, 6) is 1.50. The zero-order valence-electron chi connectivity index (χ0n) is 13.8. The lowest BCUT2D eigenvalue weighted by molar-refractivity contribution is -0.114. The minimum absolute atomic E-state index is 0.0162. The molecule has 2 nitrogen and oxygen atoms in total. The van der Waals surface area contributed by atoms with Gasteiger partial charge in [0.25, 0.3) is 0 Å². The molecule has 2 saturated carbocycles. The zero-order chi connectivity index (χ0) is 16.2. The first-order chi connectivity index (χ1) is 11.0. The summed E-state index contributed by atoms with van der Waals surface area (Å²) in [5.41, 5.74) is 3.77. The molecule has 2 fully saturated rings. The van der Waals surface area contributed by atoms with E-state index >= 15 is 0 Å². The van der Waals surface area contributed by atoms with Crippen LogP contribution in [0.25, 0.3) is 0 Å². The van der Waals surface area contributed by atoms with Crippen LogP contribution < -0.4 is 0 Å². The Morgan fingerprint density at radius 2 is 2.04 bits per heavy atom. The van der Waals surface area contributed by atoms with Gasteiger partial charge in [-0.1, -0.05) is 28.4 Å². The number of hydrogen-bond donors (Lipinski definition) is 1. The van der Waals surface area contributed by atoms with Crippen molar-refractivity contribution < 1.29 is 9.90 Å². The molecule has 0 saturated heterocycles. The van der Waals surface area contributed by atoms with Gasteiger partial charge < -0.3 is 5.11 Å². The van der Waals surface area contributed by atoms with Crippen LogP contribution in [0.4, 0.5) is 0 Å². The number of aliphatic hydroxyl groups is 1. The van der Waals surface area contributed by atoms with Gasteiger partial charge in [0.2, 0.25) is 0 Å². The minimum Gasteiger partial charge on any atom is -0.385 e. The maximum atomic E-state index is 11.7. The molecule has 1 N–H and O–H groups in total. The van der Waals surface area contributed by atoms with Crippen LogP contribution in [0.3, 0.4) is 0 Å². The van der Waals surface area contributed by atoms with Gasteiger partial charge in [0.15, 0.2) is 5.78 Å². The molecule has 4 atom stereocenters. The van der Waals surface area contributed by atoms with Crippen molar-refractivity contribution in [3.05, 3.63) is 33.9 Å². The monoisotopic (exact) mass is 376 g/mol. The molecule has 4 aliphatic carbocycles. The third kappa shape index (κ3) is 2.19. The smallest absolute Gasteiger partial charge is 0.156 e. The lowest BCUT2D eigenvalue weighted by Gasteiger charge is -2.51. The second-order valence-corrected chi connectivity index (χ2v) is 8.59. The summed E-state index contributed by atoms with van der Waals surface area (Å²) in [6, 6.07) is 0. The minimum atomic E-state index is -0.671. The predicted molar refractivity (Wildman–Crippen MR) is 95.2 cm³/mol. The van der Waals surface area contributed by atoms with Crippen LogP contribution >= 0.6 is 15.9 Å². The lowest BCUT2D eigenvalue weighted by Crippen LogP contribution is -2.48. The highest BCUT2D eigenvalue weighted by Crippen LogP contribution is 2.63. The summed E-state index contributed by atoms with van der Waals surface area (Å²) in [7, 11) is 0. The van der Waals surface area contributed by atoms with E-state index in [1.165, 1.54) is 11.1 Å². The van der Waals surface area contributed by atoms with Crippen molar-refractivity contribution >= 4 is 21.7 Å². The van der Waals surface area contributed by atoms with E-state index in [4.69, 9.17) is 0 Å². The van der Waals surface area contributed by atoms with Crippen molar-refractivity contribution in [2.24, 2.45) is 17.3 Å². The standard InChI is InChI=1S/C20H25BrO2/c1-19-8-6-16-15-5-3-14(22)12-13(15)2-4-17(16)18(19)7-9-20(19,23)10-11-21/h10-12,17-18,23H,2-9H2,1H3/b11-10+/t17-,18+,19+,20-/m1/s1. The first-order valence-electron chi connectivity index (χ1n) is 8.94. The van der Waals surface area contributed by atoms with Crippen molar-refractivity contribution in [1.82, 2.24) is 0 Å². The van der Waals surface area contributed by atoms with Crippen LogP contribution in [0.1, 0.15) is 58.3 Å². The molecule has 0 heterocycles.